The summed E-state index contributed by atoms with van der Waals surface area (Å²) in [5, 5.41) is 0. The Morgan fingerprint density at radius 3 is 3.11 bits per heavy atom. The number of pyridine rings is 1. The van der Waals surface area contributed by atoms with Crippen LogP contribution in [0.25, 0.3) is 5.65 Å². The Labute approximate surface area is 107 Å². The maximum absolute atomic E-state index is 5.94. The second kappa shape index (κ2) is 4.61. The molecule has 1 atom stereocenters. The van der Waals surface area contributed by atoms with Crippen molar-refractivity contribution in [2.75, 3.05) is 25.9 Å². The van der Waals surface area contributed by atoms with Crippen molar-refractivity contribution < 1.29 is 0 Å². The predicted molar refractivity (Wildman–Crippen MR) is 73.5 cm³/mol. The van der Waals surface area contributed by atoms with Crippen molar-refractivity contribution in [2.45, 2.75) is 19.3 Å². The summed E-state index contributed by atoms with van der Waals surface area (Å²) >= 11 is 0. The number of nitrogens with zero attached hydrogens (tertiary/aromatic N) is 3. The first-order valence-electron chi connectivity index (χ1n) is 6.63. The normalized spacial score (nSPS) is 21.5. The molecule has 2 aromatic heterocycles. The van der Waals surface area contributed by atoms with E-state index in [9.17, 15) is 0 Å². The first kappa shape index (κ1) is 11.5. The Hall–Kier alpha value is -1.55. The van der Waals surface area contributed by atoms with Gasteiger partial charge in [-0.05, 0) is 50.9 Å². The van der Waals surface area contributed by atoms with Crippen LogP contribution in [0.15, 0.2) is 24.4 Å². The van der Waals surface area contributed by atoms with E-state index in [4.69, 9.17) is 5.73 Å². The molecule has 4 heteroatoms. The predicted octanol–water partition coefficient (Wildman–Crippen LogP) is 1.80. The third-order valence-electron chi connectivity index (χ3n) is 3.79. The van der Waals surface area contributed by atoms with Crippen molar-refractivity contribution in [2.24, 2.45) is 5.92 Å². The molecule has 0 spiro atoms. The number of imidazole rings is 1. The van der Waals surface area contributed by atoms with Gasteiger partial charge in [-0.1, -0.05) is 6.07 Å². The molecular formula is C14H20N4. The lowest BCUT2D eigenvalue weighted by atomic mass is 9.94. The van der Waals surface area contributed by atoms with Crippen molar-refractivity contribution in [3.63, 3.8) is 0 Å². The van der Waals surface area contributed by atoms with E-state index in [0.29, 0.717) is 0 Å². The summed E-state index contributed by atoms with van der Waals surface area (Å²) in [4.78, 5) is 7.07. The molecule has 0 radical (unpaired) electrons. The lowest BCUT2D eigenvalue weighted by Gasteiger charge is -2.29. The van der Waals surface area contributed by atoms with Gasteiger partial charge in [-0.15, -0.1) is 0 Å². The monoisotopic (exact) mass is 244 g/mol. The molecule has 0 aliphatic carbocycles. The van der Waals surface area contributed by atoms with E-state index in [1.54, 1.807) is 0 Å². The number of hydrogen-bond acceptors (Lipinski definition) is 3. The fourth-order valence-electron chi connectivity index (χ4n) is 2.92. The van der Waals surface area contributed by atoms with Crippen LogP contribution >= 0.6 is 0 Å². The Morgan fingerprint density at radius 1 is 1.44 bits per heavy atom. The van der Waals surface area contributed by atoms with Gasteiger partial charge in [-0.25, -0.2) is 4.98 Å². The molecule has 96 valence electrons. The molecule has 18 heavy (non-hydrogen) atoms. The number of nitrogens with two attached hydrogens (primary N) is 1. The summed E-state index contributed by atoms with van der Waals surface area (Å²) < 4.78 is 1.97. The van der Waals surface area contributed by atoms with Crippen LogP contribution in [0.4, 0.5) is 5.82 Å². The molecule has 1 aliphatic heterocycles. The van der Waals surface area contributed by atoms with Crippen LogP contribution in [-0.4, -0.2) is 34.4 Å². The first-order chi connectivity index (χ1) is 8.72. The molecule has 1 unspecified atom stereocenters. The van der Waals surface area contributed by atoms with Crippen molar-refractivity contribution in [1.82, 2.24) is 14.3 Å². The molecule has 0 amide bonds. The van der Waals surface area contributed by atoms with Gasteiger partial charge >= 0.3 is 0 Å². The van der Waals surface area contributed by atoms with Gasteiger partial charge < -0.3 is 10.6 Å². The van der Waals surface area contributed by atoms with Crippen LogP contribution in [0.1, 0.15) is 18.5 Å². The average Bonchev–Trinajstić information content (AvgIpc) is 2.73. The molecule has 2 N–H and O–H groups in total. The number of rotatable bonds is 2. The van der Waals surface area contributed by atoms with Gasteiger partial charge in [0.15, 0.2) is 0 Å². The van der Waals surface area contributed by atoms with E-state index in [1.165, 1.54) is 25.9 Å². The van der Waals surface area contributed by atoms with Crippen molar-refractivity contribution in [3.05, 3.63) is 30.1 Å². The van der Waals surface area contributed by atoms with Crippen LogP contribution in [0.3, 0.4) is 0 Å². The van der Waals surface area contributed by atoms with Crippen molar-refractivity contribution in [1.29, 1.82) is 0 Å². The lowest BCUT2D eigenvalue weighted by Crippen LogP contribution is -2.33. The Balaban J connectivity index is 1.80. The zero-order chi connectivity index (χ0) is 12.5. The van der Waals surface area contributed by atoms with Gasteiger partial charge in [-0.3, -0.25) is 4.40 Å². The maximum atomic E-state index is 5.94. The van der Waals surface area contributed by atoms with Crippen LogP contribution in [0.2, 0.25) is 0 Å². The van der Waals surface area contributed by atoms with Gasteiger partial charge in [0.2, 0.25) is 0 Å². The number of fused-ring (bicyclic) bond motifs is 1. The minimum atomic E-state index is 0.731. The minimum Gasteiger partial charge on any atom is -0.385 e. The molecular weight excluding hydrogens is 224 g/mol. The highest BCUT2D eigenvalue weighted by Crippen LogP contribution is 2.20. The van der Waals surface area contributed by atoms with E-state index in [1.807, 2.05) is 22.6 Å². The second-order valence-electron chi connectivity index (χ2n) is 5.39. The summed E-state index contributed by atoms with van der Waals surface area (Å²) in [6, 6.07) is 5.87. The number of nitrogen functional groups attached to an aromatic ring is 1. The fraction of sp³-hybridized carbons (Fsp3) is 0.500. The number of likely N-dealkylation sites (tertiary alicyclic amines) is 1. The zero-order valence-corrected chi connectivity index (χ0v) is 10.8. The Kier molecular flexibility index (Phi) is 2.96. The molecule has 4 nitrogen and oxygen atoms in total. The molecule has 3 heterocycles. The SMILES string of the molecule is CN1CCCC(Cc2cn3c(N)cccc3n2)C1. The highest BCUT2D eigenvalue weighted by atomic mass is 15.1. The molecule has 3 rings (SSSR count). The topological polar surface area (TPSA) is 46.6 Å². The van der Waals surface area contributed by atoms with Gasteiger partial charge in [0.25, 0.3) is 0 Å². The molecule has 1 saturated heterocycles. The highest BCUT2D eigenvalue weighted by molar-refractivity contribution is 5.48. The largest absolute Gasteiger partial charge is 0.385 e. The van der Waals surface area contributed by atoms with Crippen LogP contribution < -0.4 is 5.73 Å². The van der Waals surface area contributed by atoms with E-state index >= 15 is 0 Å². The number of piperidine rings is 1. The van der Waals surface area contributed by atoms with Crippen LogP contribution in [0.5, 0.6) is 0 Å². The molecule has 0 saturated carbocycles. The van der Waals surface area contributed by atoms with E-state index in [2.05, 4.69) is 23.1 Å². The van der Waals surface area contributed by atoms with Crippen molar-refractivity contribution in [3.8, 4) is 0 Å². The van der Waals surface area contributed by atoms with E-state index in [0.717, 1.165) is 29.5 Å². The van der Waals surface area contributed by atoms with Gasteiger partial charge in [0.05, 0.1) is 5.69 Å². The fourth-order valence-corrected chi connectivity index (χ4v) is 2.92. The van der Waals surface area contributed by atoms with E-state index in [-0.39, 0.29) is 0 Å². The summed E-state index contributed by atoms with van der Waals surface area (Å²) in [7, 11) is 2.20. The number of anilines is 1. The van der Waals surface area contributed by atoms with Gasteiger partial charge in [0, 0.05) is 12.7 Å². The highest BCUT2D eigenvalue weighted by Gasteiger charge is 2.18. The standard InChI is InChI=1S/C14H20N4/c1-17-7-3-4-11(9-17)8-12-10-18-13(15)5-2-6-14(18)16-12/h2,5-6,10-11H,3-4,7-9,15H2,1H3. The van der Waals surface area contributed by atoms with E-state index < -0.39 is 0 Å². The Morgan fingerprint density at radius 2 is 2.33 bits per heavy atom. The molecule has 0 aromatic carbocycles. The molecule has 0 bridgehead atoms. The van der Waals surface area contributed by atoms with Crippen molar-refractivity contribution >= 4 is 11.5 Å². The molecule has 1 fully saturated rings. The molecule has 1 aliphatic rings. The van der Waals surface area contributed by atoms with Crippen LogP contribution in [-0.2, 0) is 6.42 Å². The lowest BCUT2D eigenvalue weighted by molar-refractivity contribution is 0.208. The molecule has 2 aromatic rings. The van der Waals surface area contributed by atoms with Gasteiger partial charge in [-0.2, -0.15) is 0 Å². The summed E-state index contributed by atoms with van der Waals surface area (Å²) in [6.07, 6.45) is 5.76. The minimum absolute atomic E-state index is 0.731. The summed E-state index contributed by atoms with van der Waals surface area (Å²) in [5.74, 6) is 1.49. The van der Waals surface area contributed by atoms with Crippen LogP contribution in [0, 0.1) is 5.92 Å². The summed E-state index contributed by atoms with van der Waals surface area (Å²) in [6.45, 7) is 2.41. The Bertz CT molecular complexity index is 546. The average molecular weight is 244 g/mol. The summed E-state index contributed by atoms with van der Waals surface area (Å²) in [5.41, 5.74) is 8.05. The first-order valence-corrected chi connectivity index (χ1v) is 6.63. The third-order valence-corrected chi connectivity index (χ3v) is 3.79. The second-order valence-corrected chi connectivity index (χ2v) is 5.39. The number of hydrogen-bond donors (Lipinski definition) is 1. The maximum Gasteiger partial charge on any atom is 0.138 e. The zero-order valence-electron chi connectivity index (χ0n) is 10.8. The number of aromatic nitrogens is 2. The smallest absolute Gasteiger partial charge is 0.138 e. The quantitative estimate of drug-likeness (QED) is 0.876. The third kappa shape index (κ3) is 2.20. The van der Waals surface area contributed by atoms with Gasteiger partial charge in [0.1, 0.15) is 11.5 Å².